The molecule has 0 fully saturated rings. The molecular weight excluding hydrogens is 476 g/mol. The number of ketones is 1. The normalized spacial score (nSPS) is 14.6. The van der Waals surface area contributed by atoms with E-state index in [2.05, 4.69) is 19.2 Å². The zero-order valence-corrected chi connectivity index (χ0v) is 25.5. The second-order valence-electron chi connectivity index (χ2n) is 13.6. The second kappa shape index (κ2) is 15.4. The predicted octanol–water partition coefficient (Wildman–Crippen LogP) is 5.81. The van der Waals surface area contributed by atoms with Gasteiger partial charge in [0.15, 0.2) is 5.78 Å². The van der Waals surface area contributed by atoms with Crippen LogP contribution in [0.4, 0.5) is 0 Å². The van der Waals surface area contributed by atoms with E-state index in [1.807, 2.05) is 78.8 Å². The molecule has 2 amide bonds. The molecule has 6 nitrogen and oxygen atoms in total. The summed E-state index contributed by atoms with van der Waals surface area (Å²) in [4.78, 5) is 41.1. The molecule has 3 atom stereocenters. The first-order chi connectivity index (χ1) is 17.5. The quantitative estimate of drug-likeness (QED) is 0.300. The van der Waals surface area contributed by atoms with E-state index < -0.39 is 17.6 Å². The first-order valence-corrected chi connectivity index (χ1v) is 14.3. The monoisotopic (exact) mass is 530 g/mol. The van der Waals surface area contributed by atoms with Crippen LogP contribution in [0, 0.1) is 22.7 Å². The van der Waals surface area contributed by atoms with E-state index >= 15 is 0 Å². The van der Waals surface area contributed by atoms with Crippen molar-refractivity contribution in [3.63, 3.8) is 0 Å². The summed E-state index contributed by atoms with van der Waals surface area (Å²) in [6, 6.07) is 9.19. The van der Waals surface area contributed by atoms with Crippen LogP contribution in [0.1, 0.15) is 100.0 Å². The van der Waals surface area contributed by atoms with Gasteiger partial charge in [-0.3, -0.25) is 14.4 Å². The number of Topliss-reactive ketones (excluding diaryl/α,β-unsaturated/α-hetero) is 1. The molecule has 0 aliphatic rings. The van der Waals surface area contributed by atoms with Gasteiger partial charge in [-0.15, -0.1) is 0 Å². The van der Waals surface area contributed by atoms with Crippen LogP contribution in [0.5, 0.6) is 0 Å². The van der Waals surface area contributed by atoms with Gasteiger partial charge >= 0.3 is 0 Å². The molecule has 0 aliphatic carbocycles. The molecule has 3 unspecified atom stereocenters. The van der Waals surface area contributed by atoms with Crippen LogP contribution in [-0.4, -0.2) is 52.8 Å². The summed E-state index contributed by atoms with van der Waals surface area (Å²) in [6.45, 7) is 18.9. The average molecular weight is 531 g/mol. The Morgan fingerprint density at radius 3 is 2.11 bits per heavy atom. The van der Waals surface area contributed by atoms with Gasteiger partial charge in [0.1, 0.15) is 0 Å². The highest BCUT2D eigenvalue weighted by Gasteiger charge is 2.36. The van der Waals surface area contributed by atoms with Crippen LogP contribution in [0.3, 0.4) is 0 Å². The van der Waals surface area contributed by atoms with Gasteiger partial charge in [-0.1, -0.05) is 92.6 Å². The summed E-state index contributed by atoms with van der Waals surface area (Å²) in [5.74, 6) is -0.147. The third-order valence-corrected chi connectivity index (χ3v) is 6.74. The summed E-state index contributed by atoms with van der Waals surface area (Å²) < 4.78 is 0. The van der Waals surface area contributed by atoms with Gasteiger partial charge in [-0.2, -0.15) is 0 Å². The topological polar surface area (TPSA) is 86.7 Å². The van der Waals surface area contributed by atoms with Crippen LogP contribution in [0.25, 0.3) is 0 Å². The van der Waals surface area contributed by atoms with Gasteiger partial charge in [-0.05, 0) is 47.5 Å². The first-order valence-electron chi connectivity index (χ1n) is 14.3. The number of aliphatic hydroxyl groups is 1. The fraction of sp³-hybridized carbons (Fsp3) is 0.719. The van der Waals surface area contributed by atoms with Crippen molar-refractivity contribution in [2.45, 2.75) is 113 Å². The maximum atomic E-state index is 13.7. The van der Waals surface area contributed by atoms with Gasteiger partial charge in [0.2, 0.25) is 11.8 Å². The minimum atomic E-state index is -0.873. The number of carbonyl (C=O) groups is 3. The van der Waals surface area contributed by atoms with E-state index in [9.17, 15) is 19.5 Å². The van der Waals surface area contributed by atoms with Crippen molar-refractivity contribution in [2.75, 3.05) is 13.1 Å². The third kappa shape index (κ3) is 13.0. The molecule has 1 rings (SSSR count). The zero-order chi connectivity index (χ0) is 29.1. The minimum absolute atomic E-state index is 0.0291. The lowest BCUT2D eigenvalue weighted by Gasteiger charge is -2.34. The molecule has 1 aromatic carbocycles. The maximum Gasteiger partial charge on any atom is 0.223 e. The fourth-order valence-electron chi connectivity index (χ4n) is 4.55. The molecule has 6 heteroatoms. The standard InChI is InChI=1S/C32H54N2O4/c1-10-14-28(37)33-30(32(7,8)9)26(35)20-25(19-24-15-12-11-13-16-24)27(36)22-34(18-17-23(2)3)29(38)21-31(4,5)6/h11-13,15-16,23,25,27,30,36H,10,14,17-22H2,1-9H3,(H,33,37). The van der Waals surface area contributed by atoms with Crippen molar-refractivity contribution in [3.05, 3.63) is 35.9 Å². The summed E-state index contributed by atoms with van der Waals surface area (Å²) in [7, 11) is 0. The lowest BCUT2D eigenvalue weighted by molar-refractivity contribution is -0.135. The molecular formula is C32H54N2O4. The van der Waals surface area contributed by atoms with Crippen molar-refractivity contribution in [3.8, 4) is 0 Å². The van der Waals surface area contributed by atoms with Crippen molar-refractivity contribution in [2.24, 2.45) is 22.7 Å². The van der Waals surface area contributed by atoms with Crippen molar-refractivity contribution < 1.29 is 19.5 Å². The highest BCUT2D eigenvalue weighted by atomic mass is 16.3. The third-order valence-electron chi connectivity index (χ3n) is 6.74. The Labute approximate surface area is 232 Å². The smallest absolute Gasteiger partial charge is 0.223 e. The Bertz CT molecular complexity index is 868. The molecule has 2 N–H and O–H groups in total. The summed E-state index contributed by atoms with van der Waals surface area (Å²) >= 11 is 0. The van der Waals surface area contributed by atoms with E-state index in [4.69, 9.17) is 0 Å². The van der Waals surface area contributed by atoms with E-state index in [1.165, 1.54) is 0 Å². The number of aliphatic hydroxyl groups excluding tert-OH is 1. The van der Waals surface area contributed by atoms with Crippen LogP contribution in [-0.2, 0) is 20.8 Å². The number of nitrogens with one attached hydrogen (secondary N) is 1. The molecule has 0 bridgehead atoms. The number of rotatable bonds is 15. The van der Waals surface area contributed by atoms with Gasteiger partial charge in [0, 0.05) is 32.4 Å². The Kier molecular flexibility index (Phi) is 13.7. The summed E-state index contributed by atoms with van der Waals surface area (Å²) in [5.41, 5.74) is 0.407. The Morgan fingerprint density at radius 2 is 1.61 bits per heavy atom. The van der Waals surface area contributed by atoms with Crippen LogP contribution < -0.4 is 5.32 Å². The van der Waals surface area contributed by atoms with E-state index in [0.717, 1.165) is 12.0 Å². The average Bonchev–Trinajstić information content (AvgIpc) is 2.78. The number of benzene rings is 1. The molecule has 216 valence electrons. The lowest BCUT2D eigenvalue weighted by Crippen LogP contribution is -2.50. The molecule has 0 aromatic heterocycles. The van der Waals surface area contributed by atoms with Crippen molar-refractivity contribution in [1.82, 2.24) is 10.2 Å². The Hall–Kier alpha value is -2.21. The molecule has 38 heavy (non-hydrogen) atoms. The molecule has 0 spiro atoms. The van der Waals surface area contributed by atoms with E-state index in [0.29, 0.717) is 38.1 Å². The second-order valence-corrected chi connectivity index (χ2v) is 13.6. The van der Waals surface area contributed by atoms with Crippen molar-refractivity contribution in [1.29, 1.82) is 0 Å². The largest absolute Gasteiger partial charge is 0.391 e. The zero-order valence-electron chi connectivity index (χ0n) is 25.5. The lowest BCUT2D eigenvalue weighted by atomic mass is 9.79. The highest BCUT2D eigenvalue weighted by molar-refractivity contribution is 5.90. The number of carbonyl (C=O) groups excluding carboxylic acids is 3. The van der Waals surface area contributed by atoms with Gasteiger partial charge in [0.05, 0.1) is 12.1 Å². The maximum absolute atomic E-state index is 13.7. The molecule has 0 heterocycles. The molecule has 1 aromatic rings. The van der Waals surface area contributed by atoms with Crippen LogP contribution in [0.15, 0.2) is 30.3 Å². The summed E-state index contributed by atoms with van der Waals surface area (Å²) in [6.07, 6.45) is 2.09. The Morgan fingerprint density at radius 1 is 1.00 bits per heavy atom. The van der Waals surface area contributed by atoms with Gasteiger partial charge in [-0.25, -0.2) is 0 Å². The van der Waals surface area contributed by atoms with Crippen LogP contribution >= 0.6 is 0 Å². The fourth-order valence-corrected chi connectivity index (χ4v) is 4.55. The SMILES string of the molecule is CCCC(=O)NC(C(=O)CC(Cc1ccccc1)C(O)CN(CCC(C)C)C(=O)CC(C)(C)C)C(C)(C)C. The number of hydrogen-bond donors (Lipinski definition) is 2. The molecule has 0 saturated carbocycles. The molecule has 0 radical (unpaired) electrons. The molecule has 0 aliphatic heterocycles. The highest BCUT2D eigenvalue weighted by Crippen LogP contribution is 2.26. The minimum Gasteiger partial charge on any atom is -0.391 e. The number of nitrogens with zero attached hydrogens (tertiary/aromatic N) is 1. The van der Waals surface area contributed by atoms with E-state index in [-0.39, 0.29) is 41.9 Å². The number of amides is 2. The Balaban J connectivity index is 3.22. The predicted molar refractivity (Wildman–Crippen MR) is 156 cm³/mol. The van der Waals surface area contributed by atoms with E-state index in [1.54, 1.807) is 4.90 Å². The summed E-state index contributed by atoms with van der Waals surface area (Å²) in [5, 5.41) is 14.5. The van der Waals surface area contributed by atoms with Gasteiger partial charge < -0.3 is 15.3 Å². The molecule has 0 saturated heterocycles. The number of hydrogen-bond acceptors (Lipinski definition) is 4. The van der Waals surface area contributed by atoms with Gasteiger partial charge in [0.25, 0.3) is 0 Å². The van der Waals surface area contributed by atoms with Crippen LogP contribution in [0.2, 0.25) is 0 Å². The van der Waals surface area contributed by atoms with Crippen molar-refractivity contribution >= 4 is 17.6 Å². The first kappa shape index (κ1) is 33.8.